The van der Waals surface area contributed by atoms with Crippen molar-refractivity contribution in [3.05, 3.63) is 169 Å². The highest BCUT2D eigenvalue weighted by atomic mass is 32.1. The maximum atomic E-state index is 6.43. The molecule has 0 amide bonds. The van der Waals surface area contributed by atoms with Crippen LogP contribution in [-0.2, 0) is 5.41 Å². The number of hydrogen-bond acceptors (Lipinski definition) is 2. The van der Waals surface area contributed by atoms with Gasteiger partial charge in [-0.3, -0.25) is 0 Å². The Morgan fingerprint density at radius 2 is 0.925 bits per heavy atom. The predicted octanol–water partition coefficient (Wildman–Crippen LogP) is 15.1. The predicted molar refractivity (Wildman–Crippen MR) is 228 cm³/mol. The molecule has 0 atom stereocenters. The van der Waals surface area contributed by atoms with Crippen molar-refractivity contribution in [2.75, 3.05) is 0 Å². The Morgan fingerprint density at radius 3 is 1.70 bits per heavy atom. The molecule has 1 nitrogen and oxygen atoms in total. The first kappa shape index (κ1) is 29.4. The molecule has 12 rings (SSSR count). The molecule has 0 fully saturated rings. The van der Waals surface area contributed by atoms with Crippen LogP contribution >= 0.6 is 11.3 Å². The Balaban J connectivity index is 1.03. The third kappa shape index (κ3) is 4.02. The average molecular weight is 693 g/mol. The van der Waals surface area contributed by atoms with Crippen LogP contribution in [0.25, 0.3) is 108 Å². The standard InChI is InChI=1S/C51H32OS/c1-51(2)44-13-7-5-11-35(44)41-26-30(16-22-45(41)51)32-18-24-47-43(28-32)42-27-31(17-23-46(42)52-47)29-15-19-38-40(25-29)34-10-4-3-9-33(34)37-20-21-39-36-12-6-8-14-48(36)53-50(39)49(37)38/h3-28H,1-2H3. The third-order valence-corrected chi connectivity index (χ3v) is 13.3. The summed E-state index contributed by atoms with van der Waals surface area (Å²) in [5, 5.41) is 12.8. The number of fused-ring (bicyclic) bond motifs is 16. The van der Waals surface area contributed by atoms with Gasteiger partial charge in [0.05, 0.1) is 0 Å². The second kappa shape index (κ2) is 10.4. The van der Waals surface area contributed by atoms with E-state index in [9.17, 15) is 0 Å². The zero-order chi connectivity index (χ0) is 35.0. The minimum Gasteiger partial charge on any atom is -0.456 e. The van der Waals surface area contributed by atoms with E-state index in [1.807, 2.05) is 11.3 Å². The van der Waals surface area contributed by atoms with Gasteiger partial charge in [-0.25, -0.2) is 0 Å². The lowest BCUT2D eigenvalue weighted by molar-refractivity contribution is 0.660. The summed E-state index contributed by atoms with van der Waals surface area (Å²) in [4.78, 5) is 0. The lowest BCUT2D eigenvalue weighted by atomic mass is 9.82. The van der Waals surface area contributed by atoms with Crippen LogP contribution in [0.4, 0.5) is 0 Å². The highest BCUT2D eigenvalue weighted by Gasteiger charge is 2.35. The summed E-state index contributed by atoms with van der Waals surface area (Å²) >= 11 is 1.91. The van der Waals surface area contributed by atoms with Gasteiger partial charge in [-0.2, -0.15) is 0 Å². The molecule has 0 saturated carbocycles. The van der Waals surface area contributed by atoms with Crippen LogP contribution < -0.4 is 0 Å². The minimum absolute atomic E-state index is 0.00142. The van der Waals surface area contributed by atoms with Crippen LogP contribution in [-0.4, -0.2) is 0 Å². The molecule has 11 aromatic rings. The summed E-state index contributed by atoms with van der Waals surface area (Å²) in [6.45, 7) is 4.67. The van der Waals surface area contributed by atoms with Crippen LogP contribution in [0.2, 0.25) is 0 Å². The molecule has 2 aromatic heterocycles. The van der Waals surface area contributed by atoms with Crippen molar-refractivity contribution in [2.24, 2.45) is 0 Å². The van der Waals surface area contributed by atoms with Crippen molar-refractivity contribution in [1.82, 2.24) is 0 Å². The molecule has 0 radical (unpaired) electrons. The topological polar surface area (TPSA) is 13.1 Å². The van der Waals surface area contributed by atoms with Gasteiger partial charge in [0.15, 0.2) is 0 Å². The lowest BCUT2D eigenvalue weighted by Gasteiger charge is -2.21. The normalized spacial score (nSPS) is 13.6. The molecule has 53 heavy (non-hydrogen) atoms. The van der Waals surface area contributed by atoms with Gasteiger partial charge in [-0.1, -0.05) is 129 Å². The van der Waals surface area contributed by atoms with E-state index in [0.717, 1.165) is 21.9 Å². The summed E-state index contributed by atoms with van der Waals surface area (Å²) in [6.07, 6.45) is 0. The van der Waals surface area contributed by atoms with Gasteiger partial charge in [-0.15, -0.1) is 11.3 Å². The van der Waals surface area contributed by atoms with E-state index in [4.69, 9.17) is 4.42 Å². The fourth-order valence-corrected chi connectivity index (χ4v) is 10.7. The Labute approximate surface area is 310 Å². The zero-order valence-corrected chi connectivity index (χ0v) is 30.1. The van der Waals surface area contributed by atoms with Gasteiger partial charge in [0, 0.05) is 41.7 Å². The number of rotatable bonds is 2. The summed E-state index contributed by atoms with van der Waals surface area (Å²) in [7, 11) is 0. The third-order valence-electron chi connectivity index (χ3n) is 12.1. The SMILES string of the molecule is CC1(C)c2ccccc2-c2cc(-c3ccc4oc5ccc(-c6ccc7c(c6)c6ccccc6c6ccc8c9ccccc9sc8c67)cc5c4c3)ccc21. The van der Waals surface area contributed by atoms with E-state index in [1.54, 1.807) is 0 Å². The van der Waals surface area contributed by atoms with Gasteiger partial charge in [0.2, 0.25) is 0 Å². The van der Waals surface area contributed by atoms with Gasteiger partial charge in [0.25, 0.3) is 0 Å². The first-order chi connectivity index (χ1) is 26.0. The number of benzene rings is 9. The maximum Gasteiger partial charge on any atom is 0.135 e. The first-order valence-electron chi connectivity index (χ1n) is 18.4. The van der Waals surface area contributed by atoms with Gasteiger partial charge < -0.3 is 4.42 Å². The number of thiophene rings is 1. The number of hydrogen-bond donors (Lipinski definition) is 0. The fraction of sp³-hybridized carbons (Fsp3) is 0.0588. The highest BCUT2D eigenvalue weighted by Crippen LogP contribution is 2.50. The van der Waals surface area contributed by atoms with Crippen LogP contribution in [0.1, 0.15) is 25.0 Å². The van der Waals surface area contributed by atoms with Crippen molar-refractivity contribution < 1.29 is 4.42 Å². The molecule has 248 valence electrons. The quantitative estimate of drug-likeness (QED) is 0.164. The summed E-state index contributed by atoms with van der Waals surface area (Å²) < 4.78 is 9.13. The second-order valence-electron chi connectivity index (χ2n) is 15.2. The van der Waals surface area contributed by atoms with Crippen LogP contribution in [0.15, 0.2) is 162 Å². The Bertz CT molecular complexity index is 3370. The van der Waals surface area contributed by atoms with E-state index in [-0.39, 0.29) is 5.41 Å². The monoisotopic (exact) mass is 692 g/mol. The Kier molecular flexibility index (Phi) is 5.78. The van der Waals surface area contributed by atoms with Crippen molar-refractivity contribution in [1.29, 1.82) is 0 Å². The van der Waals surface area contributed by atoms with Gasteiger partial charge in [0.1, 0.15) is 11.2 Å². The molecule has 9 aromatic carbocycles. The van der Waals surface area contributed by atoms with Gasteiger partial charge >= 0.3 is 0 Å². The zero-order valence-electron chi connectivity index (χ0n) is 29.3. The number of furan rings is 1. The smallest absolute Gasteiger partial charge is 0.135 e. The molecular formula is C51H32OS. The largest absolute Gasteiger partial charge is 0.456 e. The van der Waals surface area contributed by atoms with E-state index < -0.39 is 0 Å². The molecule has 2 heterocycles. The van der Waals surface area contributed by atoms with E-state index in [0.29, 0.717) is 0 Å². The molecule has 1 aliphatic rings. The average Bonchev–Trinajstić information content (AvgIpc) is 3.84. The molecule has 0 unspecified atom stereocenters. The van der Waals surface area contributed by atoms with Crippen LogP contribution in [0, 0.1) is 0 Å². The molecule has 0 N–H and O–H groups in total. The summed E-state index contributed by atoms with van der Waals surface area (Å²) in [5.74, 6) is 0. The summed E-state index contributed by atoms with van der Waals surface area (Å²) in [5.41, 5.74) is 12.1. The van der Waals surface area contributed by atoms with Crippen molar-refractivity contribution in [2.45, 2.75) is 19.3 Å². The molecule has 2 heteroatoms. The second-order valence-corrected chi connectivity index (χ2v) is 16.3. The molecule has 0 spiro atoms. The fourth-order valence-electron chi connectivity index (χ4n) is 9.43. The molecule has 0 aliphatic heterocycles. The van der Waals surface area contributed by atoms with E-state index >= 15 is 0 Å². The van der Waals surface area contributed by atoms with E-state index in [1.165, 1.54) is 97.0 Å². The highest BCUT2D eigenvalue weighted by molar-refractivity contribution is 7.26. The van der Waals surface area contributed by atoms with Crippen molar-refractivity contribution in [3.63, 3.8) is 0 Å². The maximum absolute atomic E-state index is 6.43. The lowest BCUT2D eigenvalue weighted by Crippen LogP contribution is -2.14. The molecule has 1 aliphatic carbocycles. The van der Waals surface area contributed by atoms with E-state index in [2.05, 4.69) is 172 Å². The van der Waals surface area contributed by atoms with Crippen molar-refractivity contribution in [3.8, 4) is 33.4 Å². The van der Waals surface area contributed by atoms with Crippen LogP contribution in [0.5, 0.6) is 0 Å². The van der Waals surface area contributed by atoms with Crippen LogP contribution in [0.3, 0.4) is 0 Å². The first-order valence-corrected chi connectivity index (χ1v) is 19.2. The molecule has 0 saturated heterocycles. The van der Waals surface area contributed by atoms with Crippen molar-refractivity contribution >= 4 is 85.8 Å². The minimum atomic E-state index is -0.00142. The molecular weight excluding hydrogens is 661 g/mol. The Hall–Kier alpha value is -6.22. The van der Waals surface area contributed by atoms with Gasteiger partial charge in [-0.05, 0) is 114 Å². The Morgan fingerprint density at radius 1 is 0.396 bits per heavy atom. The molecule has 0 bridgehead atoms. The summed E-state index contributed by atoms with van der Waals surface area (Å²) in [6, 6.07) is 58.6.